The van der Waals surface area contributed by atoms with E-state index in [2.05, 4.69) is 12.1 Å². The Morgan fingerprint density at radius 2 is 1.28 bits per heavy atom. The van der Waals surface area contributed by atoms with Crippen molar-refractivity contribution in [3.63, 3.8) is 0 Å². The van der Waals surface area contributed by atoms with E-state index in [0.717, 1.165) is 17.8 Å². The normalized spacial score (nSPS) is 26.9. The zero-order valence-corrected chi connectivity index (χ0v) is 21.2. The minimum Gasteiger partial charge on any atom is -0.474 e. The van der Waals surface area contributed by atoms with Crippen LogP contribution in [0.1, 0.15) is 55.8 Å². The van der Waals surface area contributed by atoms with Crippen LogP contribution in [0.25, 0.3) is 0 Å². The van der Waals surface area contributed by atoms with Crippen LogP contribution in [0, 0.1) is 17.8 Å². The Balaban J connectivity index is 1.17. The van der Waals surface area contributed by atoms with Crippen LogP contribution in [0.2, 0.25) is 5.02 Å². The Kier molecular flexibility index (Phi) is 6.17. The monoisotopic (exact) mass is 502 g/mol. The highest BCUT2D eigenvalue weighted by molar-refractivity contribution is 6.30. The molecular weight excluding hydrogens is 472 g/mol. The average molecular weight is 503 g/mol. The molecule has 0 radical (unpaired) electrons. The molecule has 4 bridgehead atoms. The number of rotatable bonds is 7. The van der Waals surface area contributed by atoms with Crippen LogP contribution in [0.3, 0.4) is 0 Å². The molecule has 0 aromatic heterocycles. The predicted octanol–water partition coefficient (Wildman–Crippen LogP) is 7.89. The van der Waals surface area contributed by atoms with Crippen molar-refractivity contribution >= 4 is 17.6 Å². The quantitative estimate of drug-likeness (QED) is 0.308. The Hall–Kier alpha value is -2.98. The van der Waals surface area contributed by atoms with E-state index in [4.69, 9.17) is 25.8 Å². The topological polar surface area (TPSA) is 44.8 Å². The van der Waals surface area contributed by atoms with E-state index in [1.807, 2.05) is 48.5 Å². The van der Waals surface area contributed by atoms with Gasteiger partial charge in [-0.3, -0.25) is 0 Å². The summed E-state index contributed by atoms with van der Waals surface area (Å²) >= 11 is 5.94. The maximum Gasteiger partial charge on any atom is 0.351 e. The van der Waals surface area contributed by atoms with Gasteiger partial charge in [-0.2, -0.15) is 0 Å². The first-order valence-electron chi connectivity index (χ1n) is 12.9. The lowest BCUT2D eigenvalue weighted by Crippen LogP contribution is -2.48. The molecule has 186 valence electrons. The smallest absolute Gasteiger partial charge is 0.351 e. The number of halogens is 1. The molecular formula is C31H31ClO4. The molecule has 36 heavy (non-hydrogen) atoms. The molecule has 3 aromatic carbocycles. The lowest BCUT2D eigenvalue weighted by molar-refractivity contribution is -0.149. The molecule has 0 N–H and O–H groups in total. The maximum atomic E-state index is 12.6. The van der Waals surface area contributed by atoms with E-state index in [1.54, 1.807) is 12.1 Å². The van der Waals surface area contributed by atoms with Crippen LogP contribution < -0.4 is 9.47 Å². The highest BCUT2D eigenvalue weighted by Gasteiger charge is 2.51. The molecule has 1 atom stereocenters. The fourth-order valence-corrected chi connectivity index (χ4v) is 7.32. The van der Waals surface area contributed by atoms with Crippen LogP contribution in [-0.4, -0.2) is 13.1 Å². The number of esters is 1. The number of carbonyl (C=O) groups is 1. The highest BCUT2D eigenvalue weighted by atomic mass is 35.5. The molecule has 0 aliphatic heterocycles. The number of hydrogen-bond acceptors (Lipinski definition) is 4. The molecule has 0 heterocycles. The summed E-state index contributed by atoms with van der Waals surface area (Å²) < 4.78 is 17.1. The third kappa shape index (κ3) is 4.59. The van der Waals surface area contributed by atoms with Crippen LogP contribution in [0.5, 0.6) is 17.2 Å². The van der Waals surface area contributed by atoms with Crippen LogP contribution >= 0.6 is 11.6 Å². The molecule has 4 saturated carbocycles. The van der Waals surface area contributed by atoms with E-state index in [-0.39, 0.29) is 0 Å². The van der Waals surface area contributed by atoms with Gasteiger partial charge in [0.05, 0.1) is 7.11 Å². The van der Waals surface area contributed by atoms with Gasteiger partial charge in [0.2, 0.25) is 6.10 Å². The molecule has 0 amide bonds. The average Bonchev–Trinajstić information content (AvgIpc) is 2.88. The largest absolute Gasteiger partial charge is 0.474 e. The van der Waals surface area contributed by atoms with E-state index < -0.39 is 12.1 Å². The van der Waals surface area contributed by atoms with Crippen LogP contribution in [0.4, 0.5) is 0 Å². The molecule has 3 aromatic rings. The van der Waals surface area contributed by atoms with Gasteiger partial charge in [0.1, 0.15) is 17.2 Å². The zero-order chi connectivity index (χ0) is 24.7. The predicted molar refractivity (Wildman–Crippen MR) is 140 cm³/mol. The number of methoxy groups -OCH3 is 1. The SMILES string of the molecule is COC(=O)C(Oc1ccc(C23CC4CC(CC(C4)C2)C3)cc1)c1ccc(Oc2ccc(Cl)cc2)cc1. The Morgan fingerprint density at radius 1 is 0.778 bits per heavy atom. The lowest BCUT2D eigenvalue weighted by atomic mass is 9.48. The minimum atomic E-state index is -0.856. The Bertz CT molecular complexity index is 1180. The van der Waals surface area contributed by atoms with Crippen LogP contribution in [-0.2, 0) is 14.9 Å². The van der Waals surface area contributed by atoms with Crippen molar-refractivity contribution in [3.05, 3.63) is 88.9 Å². The summed E-state index contributed by atoms with van der Waals surface area (Å²) in [6.07, 6.45) is 7.43. The van der Waals surface area contributed by atoms with Crippen molar-refractivity contribution in [3.8, 4) is 17.2 Å². The summed E-state index contributed by atoms with van der Waals surface area (Å²) in [5.74, 6) is 4.29. The number of carbonyl (C=O) groups excluding carboxylic acids is 1. The summed E-state index contributed by atoms with van der Waals surface area (Å²) in [6.45, 7) is 0. The third-order valence-electron chi connectivity index (χ3n) is 8.41. The van der Waals surface area contributed by atoms with Gasteiger partial charge in [-0.05, 0) is 116 Å². The molecule has 0 saturated heterocycles. The van der Waals surface area contributed by atoms with Crippen molar-refractivity contribution in [1.29, 1.82) is 0 Å². The summed E-state index contributed by atoms with van der Waals surface area (Å²) in [4.78, 5) is 12.6. The lowest BCUT2D eigenvalue weighted by Gasteiger charge is -2.57. The summed E-state index contributed by atoms with van der Waals surface area (Å²) in [5.41, 5.74) is 2.48. The van der Waals surface area contributed by atoms with Gasteiger partial charge in [-0.1, -0.05) is 35.9 Å². The summed E-state index contributed by atoms with van der Waals surface area (Å²) in [6, 6.07) is 22.9. The van der Waals surface area contributed by atoms with Crippen molar-refractivity contribution < 1.29 is 19.0 Å². The first kappa shape index (κ1) is 23.4. The second-order valence-electron chi connectivity index (χ2n) is 10.9. The fourth-order valence-electron chi connectivity index (χ4n) is 7.20. The highest BCUT2D eigenvalue weighted by Crippen LogP contribution is 2.60. The molecule has 4 fully saturated rings. The van der Waals surface area contributed by atoms with E-state index >= 15 is 0 Å². The van der Waals surface area contributed by atoms with Gasteiger partial charge in [-0.25, -0.2) is 4.79 Å². The Morgan fingerprint density at radius 3 is 1.81 bits per heavy atom. The molecule has 4 nitrogen and oxygen atoms in total. The first-order valence-corrected chi connectivity index (χ1v) is 13.3. The molecule has 5 heteroatoms. The summed E-state index contributed by atoms with van der Waals surface area (Å²) in [7, 11) is 1.38. The van der Waals surface area contributed by atoms with Gasteiger partial charge in [0, 0.05) is 10.6 Å². The van der Waals surface area contributed by atoms with Crippen molar-refractivity contribution in [2.45, 2.75) is 50.0 Å². The van der Waals surface area contributed by atoms with E-state index in [9.17, 15) is 4.79 Å². The molecule has 1 unspecified atom stereocenters. The van der Waals surface area contributed by atoms with E-state index in [0.29, 0.717) is 33.2 Å². The van der Waals surface area contributed by atoms with E-state index in [1.165, 1.54) is 51.2 Å². The molecule has 0 spiro atoms. The van der Waals surface area contributed by atoms with Gasteiger partial charge >= 0.3 is 5.97 Å². The standard InChI is InChI=1S/C31H31ClO4/c1-34-30(33)29(23-2-8-26(9-3-23)35-27-12-6-25(32)7-13-27)36-28-10-4-24(5-11-28)31-17-20-14-21(18-31)16-22(15-20)19-31/h2-13,20-22,29H,14-19H2,1H3. The van der Waals surface area contributed by atoms with Crippen molar-refractivity contribution in [2.24, 2.45) is 17.8 Å². The molecule has 7 rings (SSSR count). The molecule has 4 aliphatic rings. The number of benzene rings is 3. The molecule has 4 aliphatic carbocycles. The van der Waals surface area contributed by atoms with Gasteiger partial charge in [-0.15, -0.1) is 0 Å². The van der Waals surface area contributed by atoms with Crippen molar-refractivity contribution in [2.75, 3.05) is 7.11 Å². The van der Waals surface area contributed by atoms with Crippen LogP contribution in [0.15, 0.2) is 72.8 Å². The second-order valence-corrected chi connectivity index (χ2v) is 11.3. The second kappa shape index (κ2) is 9.48. The fraction of sp³-hybridized carbons (Fsp3) is 0.387. The third-order valence-corrected chi connectivity index (χ3v) is 8.66. The maximum absolute atomic E-state index is 12.6. The van der Waals surface area contributed by atoms with Gasteiger partial charge in [0.25, 0.3) is 0 Å². The number of hydrogen-bond donors (Lipinski definition) is 0. The zero-order valence-electron chi connectivity index (χ0n) is 20.5. The number of ether oxygens (including phenoxy) is 3. The van der Waals surface area contributed by atoms with Gasteiger partial charge in [0.15, 0.2) is 0 Å². The van der Waals surface area contributed by atoms with Gasteiger partial charge < -0.3 is 14.2 Å². The summed E-state index contributed by atoms with van der Waals surface area (Å²) in [5, 5.41) is 0.654. The first-order chi connectivity index (χ1) is 17.5. The minimum absolute atomic E-state index is 0.342. The Labute approximate surface area is 217 Å². The van der Waals surface area contributed by atoms with Crippen molar-refractivity contribution in [1.82, 2.24) is 0 Å².